The molecular weight excluding hydrogens is 326 g/mol. The van der Waals surface area contributed by atoms with Gasteiger partial charge in [-0.15, -0.1) is 11.3 Å². The van der Waals surface area contributed by atoms with Gasteiger partial charge in [0.05, 0.1) is 17.7 Å². The fourth-order valence-electron chi connectivity index (χ4n) is 2.14. The van der Waals surface area contributed by atoms with Crippen LogP contribution in [0.3, 0.4) is 0 Å². The van der Waals surface area contributed by atoms with Crippen molar-refractivity contribution in [3.63, 3.8) is 0 Å². The molecule has 3 nitrogen and oxygen atoms in total. The number of fused-ring (bicyclic) bond motifs is 1. The van der Waals surface area contributed by atoms with Crippen molar-refractivity contribution in [1.29, 1.82) is 0 Å². The van der Waals surface area contributed by atoms with Gasteiger partial charge in [0.2, 0.25) is 0 Å². The highest BCUT2D eigenvalue weighted by Crippen LogP contribution is 2.28. The molecule has 0 atom stereocenters. The van der Waals surface area contributed by atoms with Gasteiger partial charge in [-0.3, -0.25) is 14.5 Å². The highest BCUT2D eigenvalue weighted by Gasteiger charge is 2.35. The summed E-state index contributed by atoms with van der Waals surface area (Å²) < 4.78 is 0.972. The molecule has 0 bridgehead atoms. The highest BCUT2D eigenvalue weighted by molar-refractivity contribution is 9.10. The second-order valence-electron chi connectivity index (χ2n) is 4.48. The van der Waals surface area contributed by atoms with E-state index in [4.69, 9.17) is 0 Å². The van der Waals surface area contributed by atoms with E-state index in [-0.39, 0.29) is 11.8 Å². The van der Waals surface area contributed by atoms with Crippen LogP contribution >= 0.6 is 27.3 Å². The SMILES string of the molecule is Cc1ccc2c(c1)C(=O)N(Cc1cc(Br)cs1)C2=O. The van der Waals surface area contributed by atoms with E-state index in [0.29, 0.717) is 17.7 Å². The Hall–Kier alpha value is -1.46. The zero-order valence-electron chi connectivity index (χ0n) is 10.1. The van der Waals surface area contributed by atoms with E-state index in [2.05, 4.69) is 15.9 Å². The molecule has 0 fully saturated rings. The molecule has 0 spiro atoms. The number of halogens is 1. The number of thiophene rings is 1. The number of nitrogens with zero attached hydrogens (tertiary/aromatic N) is 1. The van der Waals surface area contributed by atoms with Gasteiger partial charge >= 0.3 is 0 Å². The maximum atomic E-state index is 12.3. The summed E-state index contributed by atoms with van der Waals surface area (Å²) in [6.45, 7) is 2.25. The van der Waals surface area contributed by atoms with Gasteiger partial charge in [-0.1, -0.05) is 11.6 Å². The molecule has 1 aromatic carbocycles. The van der Waals surface area contributed by atoms with E-state index in [9.17, 15) is 9.59 Å². The predicted molar refractivity (Wildman–Crippen MR) is 77.4 cm³/mol. The Morgan fingerprint density at radius 3 is 2.58 bits per heavy atom. The lowest BCUT2D eigenvalue weighted by atomic mass is 10.1. The molecule has 0 radical (unpaired) electrons. The zero-order valence-corrected chi connectivity index (χ0v) is 12.5. The third kappa shape index (κ3) is 2.13. The van der Waals surface area contributed by atoms with Crippen LogP contribution in [-0.2, 0) is 6.54 Å². The van der Waals surface area contributed by atoms with Crippen LogP contribution in [-0.4, -0.2) is 16.7 Å². The number of rotatable bonds is 2. The Kier molecular flexibility index (Phi) is 3.03. The molecular formula is C14H10BrNO2S. The molecule has 0 N–H and O–H groups in total. The normalized spacial score (nSPS) is 14.1. The van der Waals surface area contributed by atoms with E-state index in [0.717, 1.165) is 14.9 Å². The maximum absolute atomic E-state index is 12.3. The minimum absolute atomic E-state index is 0.201. The minimum atomic E-state index is -0.204. The second kappa shape index (κ2) is 4.58. The van der Waals surface area contributed by atoms with Crippen molar-refractivity contribution < 1.29 is 9.59 Å². The molecule has 1 aromatic heterocycles. The zero-order chi connectivity index (χ0) is 13.6. The lowest BCUT2D eigenvalue weighted by molar-refractivity contribution is 0.0644. The van der Waals surface area contributed by atoms with Gasteiger partial charge in [-0.2, -0.15) is 0 Å². The molecule has 3 rings (SSSR count). The first kappa shape index (κ1) is 12.6. The van der Waals surface area contributed by atoms with Crippen molar-refractivity contribution in [3.05, 3.63) is 55.7 Å². The van der Waals surface area contributed by atoms with Gasteiger partial charge in [-0.05, 0) is 41.1 Å². The number of hydrogen-bond acceptors (Lipinski definition) is 3. The molecule has 0 saturated carbocycles. The summed E-state index contributed by atoms with van der Waals surface area (Å²) in [5.74, 6) is -0.405. The molecule has 0 saturated heterocycles. The summed E-state index contributed by atoms with van der Waals surface area (Å²) in [6.07, 6.45) is 0. The molecule has 0 unspecified atom stereocenters. The minimum Gasteiger partial charge on any atom is -0.269 e. The summed E-state index contributed by atoms with van der Waals surface area (Å²) in [7, 11) is 0. The van der Waals surface area contributed by atoms with E-state index in [1.54, 1.807) is 12.1 Å². The van der Waals surface area contributed by atoms with E-state index in [1.165, 1.54) is 16.2 Å². The molecule has 1 aliphatic rings. The summed E-state index contributed by atoms with van der Waals surface area (Å²) >= 11 is 4.90. The van der Waals surface area contributed by atoms with Gasteiger partial charge in [0.1, 0.15) is 0 Å². The first-order chi connectivity index (χ1) is 9.06. The van der Waals surface area contributed by atoms with Crippen LogP contribution in [0, 0.1) is 6.92 Å². The Balaban J connectivity index is 1.94. The van der Waals surface area contributed by atoms with Crippen LogP contribution in [0.5, 0.6) is 0 Å². The van der Waals surface area contributed by atoms with Crippen molar-refractivity contribution in [3.8, 4) is 0 Å². The quantitative estimate of drug-likeness (QED) is 0.786. The lowest BCUT2D eigenvalue weighted by Gasteiger charge is -2.11. The molecule has 2 amide bonds. The summed E-state index contributed by atoms with van der Waals surface area (Å²) in [5, 5.41) is 1.94. The van der Waals surface area contributed by atoms with Crippen LogP contribution in [0.25, 0.3) is 0 Å². The molecule has 0 aliphatic carbocycles. The van der Waals surface area contributed by atoms with E-state index < -0.39 is 0 Å². The Labute approximate surface area is 123 Å². The van der Waals surface area contributed by atoms with Crippen LogP contribution in [0.1, 0.15) is 31.2 Å². The first-order valence-corrected chi connectivity index (χ1v) is 7.43. The number of imide groups is 1. The van der Waals surface area contributed by atoms with Crippen LogP contribution in [0.15, 0.2) is 34.1 Å². The predicted octanol–water partition coefficient (Wildman–Crippen LogP) is 3.62. The van der Waals surface area contributed by atoms with Crippen molar-refractivity contribution in [1.82, 2.24) is 4.90 Å². The van der Waals surface area contributed by atoms with Crippen molar-refractivity contribution in [2.75, 3.05) is 0 Å². The van der Waals surface area contributed by atoms with Gasteiger partial charge in [0.25, 0.3) is 11.8 Å². The fraction of sp³-hybridized carbons (Fsp3) is 0.143. The Morgan fingerprint density at radius 1 is 1.16 bits per heavy atom. The van der Waals surface area contributed by atoms with Crippen LogP contribution in [0.4, 0.5) is 0 Å². The summed E-state index contributed by atoms with van der Waals surface area (Å²) in [6, 6.07) is 7.30. The largest absolute Gasteiger partial charge is 0.269 e. The topological polar surface area (TPSA) is 37.4 Å². The molecule has 96 valence electrons. The maximum Gasteiger partial charge on any atom is 0.261 e. The highest BCUT2D eigenvalue weighted by atomic mass is 79.9. The average Bonchev–Trinajstić information content (AvgIpc) is 2.88. The van der Waals surface area contributed by atoms with Crippen LogP contribution < -0.4 is 0 Å². The lowest BCUT2D eigenvalue weighted by Crippen LogP contribution is -2.28. The molecule has 5 heteroatoms. The second-order valence-corrected chi connectivity index (χ2v) is 6.39. The number of benzene rings is 1. The number of aryl methyl sites for hydroxylation is 1. The van der Waals surface area contributed by atoms with Crippen LogP contribution in [0.2, 0.25) is 0 Å². The number of hydrogen-bond donors (Lipinski definition) is 0. The van der Waals surface area contributed by atoms with E-state index >= 15 is 0 Å². The fourth-order valence-corrected chi connectivity index (χ4v) is 3.58. The smallest absolute Gasteiger partial charge is 0.261 e. The van der Waals surface area contributed by atoms with Gasteiger partial charge in [0, 0.05) is 14.7 Å². The third-order valence-corrected chi connectivity index (χ3v) is 4.74. The van der Waals surface area contributed by atoms with Crippen molar-refractivity contribution in [2.45, 2.75) is 13.5 Å². The van der Waals surface area contributed by atoms with Gasteiger partial charge in [-0.25, -0.2) is 0 Å². The number of carbonyl (C=O) groups is 2. The number of amides is 2. The molecule has 19 heavy (non-hydrogen) atoms. The number of carbonyl (C=O) groups excluding carboxylic acids is 2. The summed E-state index contributed by atoms with van der Waals surface area (Å²) in [4.78, 5) is 26.8. The molecule has 2 aromatic rings. The Bertz CT molecular complexity index is 693. The third-order valence-electron chi connectivity index (χ3n) is 3.06. The molecule has 2 heterocycles. The standard InChI is InChI=1S/C14H10BrNO2S/c1-8-2-3-11-12(4-8)14(18)16(13(11)17)6-10-5-9(15)7-19-10/h2-5,7H,6H2,1H3. The molecule has 1 aliphatic heterocycles. The van der Waals surface area contributed by atoms with Crippen molar-refractivity contribution in [2.24, 2.45) is 0 Å². The monoisotopic (exact) mass is 335 g/mol. The summed E-state index contributed by atoms with van der Waals surface area (Å²) in [5.41, 5.74) is 2.01. The van der Waals surface area contributed by atoms with Gasteiger partial charge in [0.15, 0.2) is 0 Å². The van der Waals surface area contributed by atoms with Crippen molar-refractivity contribution >= 4 is 39.1 Å². The Morgan fingerprint density at radius 2 is 1.89 bits per heavy atom. The van der Waals surface area contributed by atoms with Gasteiger partial charge < -0.3 is 0 Å². The van der Waals surface area contributed by atoms with E-state index in [1.807, 2.05) is 24.4 Å². The average molecular weight is 336 g/mol. The first-order valence-electron chi connectivity index (χ1n) is 5.76.